The number of rotatable bonds is 2. The summed E-state index contributed by atoms with van der Waals surface area (Å²) in [5.74, 6) is 0. The van der Waals surface area contributed by atoms with Crippen molar-refractivity contribution in [1.29, 1.82) is 0 Å². The van der Waals surface area contributed by atoms with Crippen molar-refractivity contribution in [3.63, 3.8) is 0 Å². The van der Waals surface area contributed by atoms with Gasteiger partial charge in [-0.1, -0.05) is 6.07 Å². The van der Waals surface area contributed by atoms with Gasteiger partial charge in [0.1, 0.15) is 0 Å². The summed E-state index contributed by atoms with van der Waals surface area (Å²) in [7, 11) is 2.08. The van der Waals surface area contributed by atoms with Crippen molar-refractivity contribution in [3.05, 3.63) is 24.3 Å². The average molecular weight is 221 g/mol. The number of hydrogen-bond acceptors (Lipinski definition) is 4. The average Bonchev–Trinajstić information content (AvgIpc) is 2.28. The Balaban J connectivity index is 2.19. The maximum absolute atomic E-state index is 9.41. The van der Waals surface area contributed by atoms with Gasteiger partial charge in [-0.3, -0.25) is 0 Å². The first-order valence-corrected chi connectivity index (χ1v) is 5.62. The second-order valence-electron chi connectivity index (χ2n) is 4.39. The highest BCUT2D eigenvalue weighted by Crippen LogP contribution is 2.22. The van der Waals surface area contributed by atoms with E-state index < -0.39 is 0 Å². The largest absolute Gasteiger partial charge is 0.399 e. The Hall–Kier alpha value is -1.26. The van der Waals surface area contributed by atoms with Crippen LogP contribution in [0.1, 0.15) is 0 Å². The van der Waals surface area contributed by atoms with Gasteiger partial charge in [0.25, 0.3) is 0 Å². The quantitative estimate of drug-likeness (QED) is 0.709. The van der Waals surface area contributed by atoms with E-state index in [1.807, 2.05) is 24.3 Å². The lowest BCUT2D eigenvalue weighted by atomic mass is 10.1. The van der Waals surface area contributed by atoms with Gasteiger partial charge in [-0.2, -0.15) is 0 Å². The SMILES string of the molecule is CN1CCN(c2cccc(N)c2)C(CO)C1. The molecule has 88 valence electrons. The minimum Gasteiger partial charge on any atom is -0.399 e. The van der Waals surface area contributed by atoms with E-state index in [1.54, 1.807) is 0 Å². The van der Waals surface area contributed by atoms with Crippen LogP contribution in [0.3, 0.4) is 0 Å². The summed E-state index contributed by atoms with van der Waals surface area (Å²) in [5, 5.41) is 9.41. The van der Waals surface area contributed by atoms with E-state index >= 15 is 0 Å². The van der Waals surface area contributed by atoms with Gasteiger partial charge in [0.05, 0.1) is 12.6 Å². The molecule has 0 radical (unpaired) electrons. The third kappa shape index (κ3) is 2.28. The van der Waals surface area contributed by atoms with E-state index in [0.717, 1.165) is 31.0 Å². The number of piperazine rings is 1. The number of nitrogens with zero attached hydrogens (tertiary/aromatic N) is 2. The highest BCUT2D eigenvalue weighted by Gasteiger charge is 2.24. The van der Waals surface area contributed by atoms with E-state index in [-0.39, 0.29) is 12.6 Å². The normalized spacial score (nSPS) is 22.4. The topological polar surface area (TPSA) is 52.7 Å². The third-order valence-electron chi connectivity index (χ3n) is 3.10. The van der Waals surface area contributed by atoms with Gasteiger partial charge >= 0.3 is 0 Å². The molecule has 4 heteroatoms. The smallest absolute Gasteiger partial charge is 0.0648 e. The van der Waals surface area contributed by atoms with Gasteiger partial charge in [-0.25, -0.2) is 0 Å². The molecule has 1 heterocycles. The van der Waals surface area contributed by atoms with Gasteiger partial charge in [0.2, 0.25) is 0 Å². The predicted molar refractivity (Wildman–Crippen MR) is 66.6 cm³/mol. The van der Waals surface area contributed by atoms with Gasteiger partial charge in [0.15, 0.2) is 0 Å². The number of anilines is 2. The zero-order valence-electron chi connectivity index (χ0n) is 9.63. The minimum atomic E-state index is 0.167. The van der Waals surface area contributed by atoms with E-state index in [2.05, 4.69) is 16.8 Å². The summed E-state index contributed by atoms with van der Waals surface area (Å²) in [6, 6.07) is 8.02. The lowest BCUT2D eigenvalue weighted by Gasteiger charge is -2.40. The summed E-state index contributed by atoms with van der Waals surface area (Å²) in [5.41, 5.74) is 7.66. The highest BCUT2D eigenvalue weighted by molar-refractivity contribution is 5.56. The van der Waals surface area contributed by atoms with Crippen LogP contribution in [0.2, 0.25) is 0 Å². The Labute approximate surface area is 96.3 Å². The first kappa shape index (κ1) is 11.2. The van der Waals surface area contributed by atoms with Crippen molar-refractivity contribution >= 4 is 11.4 Å². The minimum absolute atomic E-state index is 0.167. The summed E-state index contributed by atoms with van der Waals surface area (Å²) in [6.45, 7) is 3.03. The Bertz CT molecular complexity index is 356. The molecule has 1 aliphatic rings. The maximum atomic E-state index is 9.41. The second-order valence-corrected chi connectivity index (χ2v) is 4.39. The van der Waals surface area contributed by atoms with Gasteiger partial charge in [-0.05, 0) is 25.2 Å². The van der Waals surface area contributed by atoms with E-state index in [4.69, 9.17) is 5.73 Å². The number of nitrogens with two attached hydrogens (primary N) is 1. The van der Waals surface area contributed by atoms with Crippen molar-refractivity contribution in [2.45, 2.75) is 6.04 Å². The Morgan fingerprint density at radius 1 is 1.44 bits per heavy atom. The van der Waals surface area contributed by atoms with E-state index in [1.165, 1.54) is 0 Å². The number of benzene rings is 1. The summed E-state index contributed by atoms with van der Waals surface area (Å²) < 4.78 is 0. The van der Waals surface area contributed by atoms with Crippen LogP contribution in [0.15, 0.2) is 24.3 Å². The number of aliphatic hydroxyl groups excluding tert-OH is 1. The molecule has 1 saturated heterocycles. The van der Waals surface area contributed by atoms with E-state index in [9.17, 15) is 5.11 Å². The molecule has 1 atom stereocenters. The molecular formula is C12H19N3O. The summed E-state index contributed by atoms with van der Waals surface area (Å²) >= 11 is 0. The number of hydrogen-bond donors (Lipinski definition) is 2. The molecule has 0 aliphatic carbocycles. The van der Waals surface area contributed by atoms with Crippen LogP contribution in [-0.2, 0) is 0 Å². The summed E-state index contributed by atoms with van der Waals surface area (Å²) in [6.07, 6.45) is 0. The molecule has 0 spiro atoms. The van der Waals surface area contributed by atoms with Gasteiger partial charge in [0, 0.05) is 31.0 Å². The molecule has 2 rings (SSSR count). The molecule has 1 aromatic rings. The Morgan fingerprint density at radius 3 is 2.94 bits per heavy atom. The molecule has 1 unspecified atom stereocenters. The fourth-order valence-electron chi connectivity index (χ4n) is 2.21. The zero-order valence-corrected chi connectivity index (χ0v) is 9.63. The standard InChI is InChI=1S/C12H19N3O/c1-14-5-6-15(12(8-14)9-16)11-4-2-3-10(13)7-11/h2-4,7,12,16H,5-6,8-9,13H2,1H3. The maximum Gasteiger partial charge on any atom is 0.0648 e. The van der Waals surface area contributed by atoms with Crippen LogP contribution < -0.4 is 10.6 Å². The van der Waals surface area contributed by atoms with Crippen molar-refractivity contribution in [1.82, 2.24) is 4.90 Å². The monoisotopic (exact) mass is 221 g/mol. The molecule has 1 fully saturated rings. The van der Waals surface area contributed by atoms with Crippen molar-refractivity contribution in [3.8, 4) is 0 Å². The van der Waals surface area contributed by atoms with Crippen LogP contribution in [0.4, 0.5) is 11.4 Å². The molecule has 16 heavy (non-hydrogen) atoms. The molecule has 1 aliphatic heterocycles. The molecule has 4 nitrogen and oxygen atoms in total. The molecule has 3 N–H and O–H groups in total. The van der Waals surface area contributed by atoms with Crippen LogP contribution in [0.25, 0.3) is 0 Å². The first-order valence-electron chi connectivity index (χ1n) is 5.62. The first-order chi connectivity index (χ1) is 7.70. The molecular weight excluding hydrogens is 202 g/mol. The van der Waals surface area contributed by atoms with Crippen LogP contribution in [0.5, 0.6) is 0 Å². The zero-order chi connectivity index (χ0) is 11.5. The van der Waals surface area contributed by atoms with Gasteiger partial charge < -0.3 is 20.6 Å². The third-order valence-corrected chi connectivity index (χ3v) is 3.10. The molecule has 1 aromatic carbocycles. The molecule has 0 bridgehead atoms. The Morgan fingerprint density at radius 2 is 2.25 bits per heavy atom. The molecule has 0 saturated carbocycles. The van der Waals surface area contributed by atoms with Crippen LogP contribution in [0, 0.1) is 0 Å². The molecule has 0 amide bonds. The lowest BCUT2D eigenvalue weighted by Crippen LogP contribution is -2.53. The predicted octanol–water partition coefficient (Wildman–Crippen LogP) is 0.382. The van der Waals surface area contributed by atoms with Crippen LogP contribution in [-0.4, -0.2) is 49.3 Å². The highest BCUT2D eigenvalue weighted by atomic mass is 16.3. The fourth-order valence-corrected chi connectivity index (χ4v) is 2.21. The molecule has 0 aromatic heterocycles. The van der Waals surface area contributed by atoms with Gasteiger partial charge in [-0.15, -0.1) is 0 Å². The lowest BCUT2D eigenvalue weighted by molar-refractivity contribution is 0.191. The van der Waals surface area contributed by atoms with Crippen molar-refractivity contribution in [2.75, 3.05) is 43.9 Å². The summed E-state index contributed by atoms with van der Waals surface area (Å²) in [4.78, 5) is 4.47. The van der Waals surface area contributed by atoms with Crippen LogP contribution >= 0.6 is 0 Å². The van der Waals surface area contributed by atoms with E-state index in [0.29, 0.717) is 0 Å². The van der Waals surface area contributed by atoms with Crippen molar-refractivity contribution < 1.29 is 5.11 Å². The van der Waals surface area contributed by atoms with Crippen molar-refractivity contribution in [2.24, 2.45) is 0 Å². The number of likely N-dealkylation sites (N-methyl/N-ethyl adjacent to an activating group) is 1. The second kappa shape index (κ2) is 4.72. The Kier molecular flexibility index (Phi) is 3.31. The fraction of sp³-hybridized carbons (Fsp3) is 0.500. The number of aliphatic hydroxyl groups is 1. The number of nitrogen functional groups attached to an aromatic ring is 1.